The molecule has 1 fully saturated rings. The van der Waals surface area contributed by atoms with Crippen LogP contribution in [0.25, 0.3) is 5.57 Å². The molecular weight excluding hydrogens is 406 g/mol. The summed E-state index contributed by atoms with van der Waals surface area (Å²) in [6.07, 6.45) is 9.96. The maximum Gasteiger partial charge on any atom is 0.311 e. The van der Waals surface area contributed by atoms with E-state index in [1.165, 1.54) is 13.5 Å². The van der Waals surface area contributed by atoms with Crippen molar-refractivity contribution >= 4 is 11.5 Å². The summed E-state index contributed by atoms with van der Waals surface area (Å²) >= 11 is 0. The smallest absolute Gasteiger partial charge is 0.311 e. The van der Waals surface area contributed by atoms with Crippen LogP contribution < -0.4 is 5.56 Å². The van der Waals surface area contributed by atoms with Crippen molar-refractivity contribution in [3.63, 3.8) is 0 Å². The number of hydrogen-bond acceptors (Lipinski definition) is 6. The summed E-state index contributed by atoms with van der Waals surface area (Å²) < 4.78 is 6.99. The Hall–Kier alpha value is -2.77. The zero-order valence-electron chi connectivity index (χ0n) is 18.3. The Kier molecular flexibility index (Phi) is 5.69. The number of hydrogen-bond donors (Lipinski definition) is 1. The first-order valence-corrected chi connectivity index (χ1v) is 11.4. The van der Waals surface area contributed by atoms with Crippen molar-refractivity contribution in [1.82, 2.24) is 14.5 Å². The van der Waals surface area contributed by atoms with Crippen LogP contribution in [-0.2, 0) is 22.6 Å². The molecule has 7 heteroatoms. The Morgan fingerprint density at radius 3 is 2.84 bits per heavy atom. The SMILES string of the molecule is COC(=O)[C@H]1[C@H](CO)[C@H]2Cn3c(ccc(C4=CCCCC4)c3=O)[C@@H]1N2Cc1cccnc1. The van der Waals surface area contributed by atoms with Gasteiger partial charge in [-0.3, -0.25) is 19.5 Å². The van der Waals surface area contributed by atoms with Crippen LogP contribution in [0.1, 0.15) is 48.5 Å². The minimum atomic E-state index is -0.528. The molecule has 32 heavy (non-hydrogen) atoms. The van der Waals surface area contributed by atoms with Gasteiger partial charge in [0.25, 0.3) is 5.56 Å². The maximum atomic E-state index is 13.6. The zero-order chi connectivity index (χ0) is 22.2. The molecule has 2 aliphatic heterocycles. The number of nitrogens with zero attached hydrogens (tertiary/aromatic N) is 3. The van der Waals surface area contributed by atoms with E-state index in [4.69, 9.17) is 4.74 Å². The Morgan fingerprint density at radius 2 is 2.16 bits per heavy atom. The second-order valence-electron chi connectivity index (χ2n) is 9.00. The van der Waals surface area contributed by atoms with E-state index in [9.17, 15) is 14.7 Å². The van der Waals surface area contributed by atoms with Crippen LogP contribution in [0.2, 0.25) is 0 Å². The molecule has 168 valence electrons. The molecule has 3 aliphatic rings. The molecule has 1 aliphatic carbocycles. The second-order valence-corrected chi connectivity index (χ2v) is 9.00. The number of aliphatic hydroxyl groups excluding tert-OH is 1. The number of pyridine rings is 2. The lowest BCUT2D eigenvalue weighted by Gasteiger charge is -2.38. The third kappa shape index (κ3) is 3.40. The Labute approximate surface area is 187 Å². The third-order valence-corrected chi connectivity index (χ3v) is 7.37. The normalized spacial score (nSPS) is 27.0. The number of esters is 1. The molecule has 0 spiro atoms. The fourth-order valence-corrected chi connectivity index (χ4v) is 5.87. The molecule has 7 nitrogen and oxygen atoms in total. The molecule has 4 heterocycles. The van der Waals surface area contributed by atoms with Crippen LogP contribution in [0.15, 0.2) is 47.5 Å². The van der Waals surface area contributed by atoms with Crippen molar-refractivity contribution in [3.05, 3.63) is 69.9 Å². The molecule has 1 N–H and O–H groups in total. The van der Waals surface area contributed by atoms with E-state index in [-0.39, 0.29) is 36.1 Å². The molecule has 2 aromatic rings. The van der Waals surface area contributed by atoms with Crippen molar-refractivity contribution < 1.29 is 14.6 Å². The van der Waals surface area contributed by atoms with Gasteiger partial charge < -0.3 is 14.4 Å². The van der Waals surface area contributed by atoms with Gasteiger partial charge in [-0.1, -0.05) is 12.1 Å². The predicted octanol–water partition coefficient (Wildman–Crippen LogP) is 2.54. The summed E-state index contributed by atoms with van der Waals surface area (Å²) in [6, 6.07) is 7.35. The fourth-order valence-electron chi connectivity index (χ4n) is 5.87. The summed E-state index contributed by atoms with van der Waals surface area (Å²) in [5, 5.41) is 10.3. The highest BCUT2D eigenvalue weighted by atomic mass is 16.5. The van der Waals surface area contributed by atoms with Crippen LogP contribution in [-0.4, -0.2) is 45.3 Å². The average molecular weight is 436 g/mol. The number of ether oxygens (including phenoxy) is 1. The lowest BCUT2D eigenvalue weighted by molar-refractivity contribution is -0.148. The summed E-state index contributed by atoms with van der Waals surface area (Å²) in [7, 11) is 1.39. The van der Waals surface area contributed by atoms with E-state index >= 15 is 0 Å². The number of allylic oxidation sites excluding steroid dienone is 2. The predicted molar refractivity (Wildman–Crippen MR) is 120 cm³/mol. The number of aliphatic hydroxyl groups is 1. The number of fused-ring (bicyclic) bond motifs is 4. The minimum absolute atomic E-state index is 0.00823. The van der Waals surface area contributed by atoms with Gasteiger partial charge in [0, 0.05) is 55.3 Å². The van der Waals surface area contributed by atoms with E-state index < -0.39 is 5.92 Å². The minimum Gasteiger partial charge on any atom is -0.469 e. The van der Waals surface area contributed by atoms with Crippen molar-refractivity contribution in [1.29, 1.82) is 0 Å². The Balaban J connectivity index is 1.61. The monoisotopic (exact) mass is 435 g/mol. The number of carbonyl (C=O) groups is 1. The number of aromatic nitrogens is 2. The molecule has 2 aromatic heterocycles. The molecule has 1 saturated heterocycles. The molecule has 2 bridgehead atoms. The molecule has 0 amide bonds. The van der Waals surface area contributed by atoms with Crippen molar-refractivity contribution in [3.8, 4) is 0 Å². The van der Waals surface area contributed by atoms with Crippen LogP contribution in [0.5, 0.6) is 0 Å². The van der Waals surface area contributed by atoms with Gasteiger partial charge in [0.05, 0.1) is 19.1 Å². The van der Waals surface area contributed by atoms with E-state index in [1.807, 2.05) is 35.0 Å². The molecule has 0 unspecified atom stereocenters. The van der Waals surface area contributed by atoms with Gasteiger partial charge in [0.1, 0.15) is 0 Å². The van der Waals surface area contributed by atoms with Crippen LogP contribution in [0.4, 0.5) is 0 Å². The highest BCUT2D eigenvalue weighted by Crippen LogP contribution is 2.49. The van der Waals surface area contributed by atoms with E-state index in [0.29, 0.717) is 13.1 Å². The first-order chi connectivity index (χ1) is 15.6. The summed E-state index contributed by atoms with van der Waals surface area (Å²) in [4.78, 5) is 32.9. The molecule has 4 atom stereocenters. The fraction of sp³-hybridized carbons (Fsp3) is 0.480. The molecule has 0 aromatic carbocycles. The lowest BCUT2D eigenvalue weighted by Crippen LogP contribution is -2.46. The number of rotatable bonds is 5. The van der Waals surface area contributed by atoms with E-state index in [0.717, 1.165) is 41.7 Å². The van der Waals surface area contributed by atoms with E-state index in [2.05, 4.69) is 16.0 Å². The Morgan fingerprint density at radius 1 is 1.28 bits per heavy atom. The van der Waals surface area contributed by atoms with Crippen molar-refractivity contribution in [2.75, 3.05) is 13.7 Å². The first-order valence-electron chi connectivity index (χ1n) is 11.4. The summed E-state index contributed by atoms with van der Waals surface area (Å²) in [5.74, 6) is -1.17. The summed E-state index contributed by atoms with van der Waals surface area (Å²) in [6.45, 7) is 0.907. The third-order valence-electron chi connectivity index (χ3n) is 7.37. The van der Waals surface area contributed by atoms with Gasteiger partial charge in [0.2, 0.25) is 0 Å². The average Bonchev–Trinajstić information content (AvgIpc) is 3.04. The van der Waals surface area contributed by atoms with Gasteiger partial charge in [-0.25, -0.2) is 0 Å². The number of methoxy groups -OCH3 is 1. The molecule has 5 rings (SSSR count). The van der Waals surface area contributed by atoms with Gasteiger partial charge in [-0.2, -0.15) is 0 Å². The highest BCUT2D eigenvalue weighted by molar-refractivity contribution is 5.75. The highest BCUT2D eigenvalue weighted by Gasteiger charge is 2.56. The standard InChI is InChI=1S/C25H29N3O4/c1-32-25(31)22-19(15-29)21-14-28-20(23(22)27(21)13-16-6-5-11-26-12-16)10-9-18(24(28)30)17-7-3-2-4-8-17/h5-7,9-12,19,21-23,29H,2-4,8,13-15H2,1H3/t19-,21-,22+,23+/m1/s1. The topological polar surface area (TPSA) is 84.7 Å². The molecule has 0 saturated carbocycles. The number of carbonyl (C=O) groups excluding carboxylic acids is 1. The van der Waals surface area contributed by atoms with Crippen molar-refractivity contribution in [2.45, 2.75) is 50.9 Å². The van der Waals surface area contributed by atoms with Crippen molar-refractivity contribution in [2.24, 2.45) is 11.8 Å². The largest absolute Gasteiger partial charge is 0.469 e. The quantitative estimate of drug-likeness (QED) is 0.727. The second kappa shape index (κ2) is 8.64. The van der Waals surface area contributed by atoms with Gasteiger partial charge in [-0.05, 0) is 55.0 Å². The van der Waals surface area contributed by atoms with Crippen LogP contribution in [0, 0.1) is 11.8 Å². The molecular formula is C25H29N3O4. The van der Waals surface area contributed by atoms with Gasteiger partial charge in [0.15, 0.2) is 0 Å². The lowest BCUT2D eigenvalue weighted by atomic mass is 9.87. The van der Waals surface area contributed by atoms with Crippen LogP contribution >= 0.6 is 0 Å². The van der Waals surface area contributed by atoms with Crippen LogP contribution in [0.3, 0.4) is 0 Å². The zero-order valence-corrected chi connectivity index (χ0v) is 18.3. The molecule has 0 radical (unpaired) electrons. The van der Waals surface area contributed by atoms with Gasteiger partial charge >= 0.3 is 5.97 Å². The van der Waals surface area contributed by atoms with E-state index in [1.54, 1.807) is 6.20 Å². The summed E-state index contributed by atoms with van der Waals surface area (Å²) in [5.41, 5.74) is 3.76. The maximum absolute atomic E-state index is 13.6. The first kappa shape index (κ1) is 21.1. The van der Waals surface area contributed by atoms with Gasteiger partial charge in [-0.15, -0.1) is 0 Å². The Bertz CT molecular complexity index is 1090.